The molecule has 2 N–H and O–H groups in total. The van der Waals surface area contributed by atoms with Crippen molar-refractivity contribution in [1.29, 1.82) is 0 Å². The Bertz CT molecular complexity index is 1260. The topological polar surface area (TPSA) is 45.4 Å². The van der Waals surface area contributed by atoms with E-state index in [0.717, 1.165) is 27.5 Å². The van der Waals surface area contributed by atoms with Gasteiger partial charge in [0, 0.05) is 16.5 Å². The lowest BCUT2D eigenvalue weighted by Crippen LogP contribution is -2.29. The molecule has 0 unspecified atom stereocenters. The molecule has 0 amide bonds. The first kappa shape index (κ1) is 15.2. The van der Waals surface area contributed by atoms with Gasteiger partial charge < -0.3 is 14.6 Å². The van der Waals surface area contributed by atoms with Crippen molar-refractivity contribution in [2.24, 2.45) is 0 Å². The van der Waals surface area contributed by atoms with Crippen LogP contribution in [0.4, 0.5) is 0 Å². The van der Waals surface area contributed by atoms with Gasteiger partial charge in [0.15, 0.2) is 0 Å². The SMILES string of the molecule is OB(O)c1ccc2c(c1)c1cc3ccccc3cc1n2-c1ccccc1. The molecule has 0 saturated heterocycles. The molecule has 0 aliphatic rings. The molecule has 0 spiro atoms. The molecule has 0 fully saturated rings. The summed E-state index contributed by atoms with van der Waals surface area (Å²) in [6.07, 6.45) is 0. The molecule has 26 heavy (non-hydrogen) atoms. The summed E-state index contributed by atoms with van der Waals surface area (Å²) in [6.45, 7) is 0. The van der Waals surface area contributed by atoms with Crippen LogP contribution < -0.4 is 5.46 Å². The van der Waals surface area contributed by atoms with Crippen LogP contribution in [0.3, 0.4) is 0 Å². The average Bonchev–Trinajstić information content (AvgIpc) is 2.99. The average molecular weight is 337 g/mol. The Balaban J connectivity index is 1.98. The van der Waals surface area contributed by atoms with Crippen molar-refractivity contribution in [3.8, 4) is 5.69 Å². The third-order valence-corrected chi connectivity index (χ3v) is 4.97. The van der Waals surface area contributed by atoms with Gasteiger partial charge in [-0.15, -0.1) is 0 Å². The quantitative estimate of drug-likeness (QED) is 0.483. The van der Waals surface area contributed by atoms with Gasteiger partial charge in [-0.1, -0.05) is 54.6 Å². The zero-order valence-corrected chi connectivity index (χ0v) is 14.0. The van der Waals surface area contributed by atoms with Gasteiger partial charge in [0.05, 0.1) is 11.0 Å². The fourth-order valence-electron chi connectivity index (χ4n) is 3.74. The van der Waals surface area contributed by atoms with E-state index >= 15 is 0 Å². The lowest BCUT2D eigenvalue weighted by molar-refractivity contribution is 0.426. The Morgan fingerprint density at radius 1 is 0.615 bits per heavy atom. The molecule has 0 saturated carbocycles. The highest BCUT2D eigenvalue weighted by Gasteiger charge is 2.17. The summed E-state index contributed by atoms with van der Waals surface area (Å²) in [4.78, 5) is 0. The normalized spacial score (nSPS) is 11.5. The lowest BCUT2D eigenvalue weighted by atomic mass is 9.80. The second kappa shape index (κ2) is 5.73. The van der Waals surface area contributed by atoms with Crippen LogP contribution in [-0.2, 0) is 0 Å². The molecule has 5 aromatic rings. The van der Waals surface area contributed by atoms with E-state index in [1.165, 1.54) is 10.8 Å². The first-order valence-electron chi connectivity index (χ1n) is 8.61. The molecule has 0 atom stereocenters. The fourth-order valence-corrected chi connectivity index (χ4v) is 3.74. The minimum Gasteiger partial charge on any atom is -0.423 e. The molecule has 0 aliphatic carbocycles. The number of rotatable bonds is 2. The van der Waals surface area contributed by atoms with Crippen LogP contribution >= 0.6 is 0 Å². The zero-order chi connectivity index (χ0) is 17.7. The van der Waals surface area contributed by atoms with Crippen molar-refractivity contribution in [3.05, 3.63) is 84.9 Å². The van der Waals surface area contributed by atoms with E-state index in [9.17, 15) is 10.0 Å². The molecule has 4 aromatic carbocycles. The minimum atomic E-state index is -1.48. The van der Waals surface area contributed by atoms with Crippen molar-refractivity contribution in [1.82, 2.24) is 4.57 Å². The van der Waals surface area contributed by atoms with Crippen molar-refractivity contribution in [2.75, 3.05) is 0 Å². The number of benzene rings is 4. The molecule has 124 valence electrons. The van der Waals surface area contributed by atoms with Gasteiger partial charge in [-0.05, 0) is 46.6 Å². The second-order valence-corrected chi connectivity index (χ2v) is 6.54. The van der Waals surface area contributed by atoms with E-state index in [1.807, 2.05) is 42.5 Å². The molecule has 0 aliphatic heterocycles. The van der Waals surface area contributed by atoms with E-state index in [4.69, 9.17) is 0 Å². The Kier molecular flexibility index (Phi) is 3.35. The van der Waals surface area contributed by atoms with E-state index < -0.39 is 7.12 Å². The standard InChI is InChI=1S/C22H16BNO2/c25-23(26)17-10-11-21-20(14-17)19-12-15-6-4-5-7-16(15)13-22(19)24(21)18-8-2-1-3-9-18/h1-14,25-26H. The molecular formula is C22H16BNO2. The Morgan fingerprint density at radius 3 is 2.00 bits per heavy atom. The lowest BCUT2D eigenvalue weighted by Gasteiger charge is -2.08. The van der Waals surface area contributed by atoms with Crippen molar-refractivity contribution >= 4 is 45.2 Å². The summed E-state index contributed by atoms with van der Waals surface area (Å²) in [7, 11) is -1.48. The van der Waals surface area contributed by atoms with Gasteiger partial charge in [0.25, 0.3) is 0 Å². The number of aromatic nitrogens is 1. The predicted octanol–water partition coefficient (Wildman–Crippen LogP) is 3.62. The molecule has 0 bridgehead atoms. The van der Waals surface area contributed by atoms with E-state index in [0.29, 0.717) is 5.46 Å². The second-order valence-electron chi connectivity index (χ2n) is 6.54. The maximum absolute atomic E-state index is 9.60. The maximum Gasteiger partial charge on any atom is 0.488 e. The fraction of sp³-hybridized carbons (Fsp3) is 0. The third kappa shape index (κ3) is 2.24. The molecular weight excluding hydrogens is 321 g/mol. The summed E-state index contributed by atoms with van der Waals surface area (Å²) < 4.78 is 2.23. The molecule has 3 nitrogen and oxygen atoms in total. The summed E-state index contributed by atoms with van der Waals surface area (Å²) in [5.74, 6) is 0. The van der Waals surface area contributed by atoms with Gasteiger partial charge in [0.1, 0.15) is 0 Å². The Morgan fingerprint density at radius 2 is 1.27 bits per heavy atom. The Hall–Kier alpha value is -3.08. The maximum atomic E-state index is 9.60. The van der Waals surface area contributed by atoms with Crippen LogP contribution in [0.15, 0.2) is 84.9 Å². The molecule has 4 heteroatoms. The monoisotopic (exact) mass is 337 g/mol. The first-order chi connectivity index (χ1) is 12.7. The highest BCUT2D eigenvalue weighted by atomic mass is 16.4. The van der Waals surface area contributed by atoms with Gasteiger partial charge >= 0.3 is 7.12 Å². The molecule has 0 radical (unpaired) electrons. The van der Waals surface area contributed by atoms with E-state index in [1.54, 1.807) is 6.07 Å². The van der Waals surface area contributed by atoms with Crippen LogP contribution in [0, 0.1) is 0 Å². The molecule has 1 aromatic heterocycles. The van der Waals surface area contributed by atoms with Crippen molar-refractivity contribution in [2.45, 2.75) is 0 Å². The van der Waals surface area contributed by atoms with Crippen LogP contribution in [0.25, 0.3) is 38.3 Å². The van der Waals surface area contributed by atoms with Crippen LogP contribution in [0.2, 0.25) is 0 Å². The van der Waals surface area contributed by atoms with E-state index in [-0.39, 0.29) is 0 Å². The number of hydrogen-bond acceptors (Lipinski definition) is 2. The van der Waals surface area contributed by atoms with Crippen LogP contribution in [0.1, 0.15) is 0 Å². The summed E-state index contributed by atoms with van der Waals surface area (Å²) >= 11 is 0. The minimum absolute atomic E-state index is 0.498. The predicted molar refractivity (Wildman–Crippen MR) is 108 cm³/mol. The van der Waals surface area contributed by atoms with Gasteiger partial charge in [-0.2, -0.15) is 0 Å². The summed E-state index contributed by atoms with van der Waals surface area (Å²) in [5.41, 5.74) is 3.73. The summed E-state index contributed by atoms with van der Waals surface area (Å²) in [5, 5.41) is 23.7. The van der Waals surface area contributed by atoms with Crippen LogP contribution in [-0.4, -0.2) is 21.7 Å². The van der Waals surface area contributed by atoms with Gasteiger partial charge in [-0.25, -0.2) is 0 Å². The largest absolute Gasteiger partial charge is 0.488 e. The third-order valence-electron chi connectivity index (χ3n) is 4.97. The number of nitrogens with zero attached hydrogens (tertiary/aromatic N) is 1. The van der Waals surface area contributed by atoms with E-state index in [2.05, 4.69) is 41.0 Å². The molecule has 5 rings (SSSR count). The molecule has 1 heterocycles. The number of fused-ring (bicyclic) bond motifs is 4. The number of para-hydroxylation sites is 1. The highest BCUT2D eigenvalue weighted by Crippen LogP contribution is 2.34. The Labute approximate surface area is 150 Å². The zero-order valence-electron chi connectivity index (χ0n) is 14.0. The highest BCUT2D eigenvalue weighted by molar-refractivity contribution is 6.59. The summed E-state index contributed by atoms with van der Waals surface area (Å²) in [6, 6.07) is 28.5. The number of hydrogen-bond donors (Lipinski definition) is 2. The van der Waals surface area contributed by atoms with Gasteiger partial charge in [-0.3, -0.25) is 0 Å². The van der Waals surface area contributed by atoms with Crippen molar-refractivity contribution in [3.63, 3.8) is 0 Å². The smallest absolute Gasteiger partial charge is 0.423 e. The van der Waals surface area contributed by atoms with Crippen molar-refractivity contribution < 1.29 is 10.0 Å². The first-order valence-corrected chi connectivity index (χ1v) is 8.61. The van der Waals surface area contributed by atoms with Crippen LogP contribution in [0.5, 0.6) is 0 Å². The van der Waals surface area contributed by atoms with Gasteiger partial charge in [0.2, 0.25) is 0 Å².